The first-order chi connectivity index (χ1) is 7.45. The lowest BCUT2D eigenvalue weighted by Crippen LogP contribution is -2.49. The molecule has 1 saturated carbocycles. The largest absolute Gasteiger partial charge is 0.393 e. The van der Waals surface area contributed by atoms with Crippen LogP contribution in [0.5, 0.6) is 0 Å². The third-order valence-corrected chi connectivity index (χ3v) is 3.93. The molecule has 96 valence electrons. The van der Waals surface area contributed by atoms with Crippen LogP contribution >= 0.6 is 11.8 Å². The summed E-state index contributed by atoms with van der Waals surface area (Å²) in [6.45, 7) is 1.96. The van der Waals surface area contributed by atoms with Crippen molar-refractivity contribution in [2.24, 2.45) is 5.92 Å². The molecule has 0 bridgehead atoms. The normalized spacial score (nSPS) is 29.1. The van der Waals surface area contributed by atoms with Gasteiger partial charge in [-0.15, -0.1) is 0 Å². The van der Waals surface area contributed by atoms with Crippen LogP contribution in [0.1, 0.15) is 32.6 Å². The molecule has 0 aromatic heterocycles. The number of hydrogen-bond acceptors (Lipinski definition) is 2. The molecule has 3 atom stereocenters. The van der Waals surface area contributed by atoms with Gasteiger partial charge in [-0.25, -0.2) is 0 Å². The van der Waals surface area contributed by atoms with Gasteiger partial charge in [0, 0.05) is 17.8 Å². The summed E-state index contributed by atoms with van der Waals surface area (Å²) < 4.78 is 38.3. The minimum atomic E-state index is -4.04. The molecule has 0 heterocycles. The van der Waals surface area contributed by atoms with E-state index in [4.69, 9.17) is 0 Å². The second kappa shape index (κ2) is 6.15. The van der Waals surface area contributed by atoms with Crippen molar-refractivity contribution in [1.29, 1.82) is 0 Å². The van der Waals surface area contributed by atoms with Crippen molar-refractivity contribution in [1.82, 2.24) is 5.32 Å². The maximum atomic E-state index is 12.8. The van der Waals surface area contributed by atoms with E-state index in [0.717, 1.165) is 12.2 Å². The number of hydrogen-bond donors (Lipinski definition) is 1. The molecule has 5 heteroatoms. The highest BCUT2D eigenvalue weighted by atomic mass is 32.2. The highest BCUT2D eigenvalue weighted by Gasteiger charge is 2.45. The summed E-state index contributed by atoms with van der Waals surface area (Å²) in [5.74, 6) is -0.285. The van der Waals surface area contributed by atoms with Crippen LogP contribution in [0.3, 0.4) is 0 Å². The van der Waals surface area contributed by atoms with Gasteiger partial charge in [0.25, 0.3) is 0 Å². The molecule has 0 aromatic rings. The van der Waals surface area contributed by atoms with Crippen molar-refractivity contribution in [3.63, 3.8) is 0 Å². The molecule has 1 aliphatic carbocycles. The zero-order valence-electron chi connectivity index (χ0n) is 9.81. The van der Waals surface area contributed by atoms with E-state index in [9.17, 15) is 13.2 Å². The Morgan fingerprint density at radius 1 is 1.31 bits per heavy atom. The summed E-state index contributed by atoms with van der Waals surface area (Å²) in [6.07, 6.45) is 0.489. The number of halogens is 3. The highest BCUT2D eigenvalue weighted by Crippen LogP contribution is 2.37. The third-order valence-electron chi connectivity index (χ3n) is 3.10. The van der Waals surface area contributed by atoms with E-state index in [-0.39, 0.29) is 18.5 Å². The van der Waals surface area contributed by atoms with Crippen LogP contribution in [0.4, 0.5) is 13.2 Å². The minimum Gasteiger partial charge on any atom is -0.310 e. The van der Waals surface area contributed by atoms with Gasteiger partial charge in [0.15, 0.2) is 0 Å². The molecule has 1 N–H and O–H groups in total. The van der Waals surface area contributed by atoms with Crippen LogP contribution in [-0.2, 0) is 0 Å². The van der Waals surface area contributed by atoms with Crippen molar-refractivity contribution in [3.8, 4) is 0 Å². The van der Waals surface area contributed by atoms with Crippen LogP contribution < -0.4 is 5.32 Å². The molecule has 16 heavy (non-hydrogen) atoms. The Bertz CT molecular complexity index is 208. The van der Waals surface area contributed by atoms with Gasteiger partial charge in [-0.3, -0.25) is 0 Å². The van der Waals surface area contributed by atoms with E-state index < -0.39 is 12.1 Å². The van der Waals surface area contributed by atoms with Gasteiger partial charge in [0.1, 0.15) is 0 Å². The first-order valence-electron chi connectivity index (χ1n) is 5.77. The van der Waals surface area contributed by atoms with Crippen molar-refractivity contribution in [3.05, 3.63) is 0 Å². The van der Waals surface area contributed by atoms with Gasteiger partial charge in [-0.1, -0.05) is 12.8 Å². The molecule has 0 aliphatic heterocycles. The molecule has 0 amide bonds. The lowest BCUT2D eigenvalue weighted by atomic mass is 9.83. The molecule has 1 fully saturated rings. The van der Waals surface area contributed by atoms with E-state index >= 15 is 0 Å². The molecule has 0 aromatic carbocycles. The number of thioether (sulfide) groups is 1. The van der Waals surface area contributed by atoms with Gasteiger partial charge in [0.05, 0.1) is 5.92 Å². The van der Waals surface area contributed by atoms with Crippen LogP contribution in [0.15, 0.2) is 0 Å². The third kappa shape index (κ3) is 4.17. The summed E-state index contributed by atoms with van der Waals surface area (Å²) in [4.78, 5) is 0. The smallest absolute Gasteiger partial charge is 0.310 e. The quantitative estimate of drug-likeness (QED) is 0.825. The van der Waals surface area contributed by atoms with Crippen molar-refractivity contribution in [2.45, 2.75) is 50.9 Å². The van der Waals surface area contributed by atoms with E-state index in [1.54, 1.807) is 11.8 Å². The summed E-state index contributed by atoms with van der Waals surface area (Å²) >= 11 is 1.66. The Morgan fingerprint density at radius 2 is 1.94 bits per heavy atom. The average Bonchev–Trinajstić information content (AvgIpc) is 2.17. The standard InChI is InChI=1S/C11H20F3NS/c1-8(7-16-2)15-10-6-4-3-5-9(10)11(12,13)14/h8-10,15H,3-7H2,1-2H3. The van der Waals surface area contributed by atoms with E-state index in [0.29, 0.717) is 12.8 Å². The van der Waals surface area contributed by atoms with Crippen molar-refractivity contribution < 1.29 is 13.2 Å². The molecule has 0 radical (unpaired) electrons. The van der Waals surface area contributed by atoms with Crippen molar-refractivity contribution >= 4 is 11.8 Å². The predicted octanol–water partition coefficient (Wildman–Crippen LogP) is 3.45. The van der Waals surface area contributed by atoms with Crippen LogP contribution in [0.25, 0.3) is 0 Å². The predicted molar refractivity (Wildman–Crippen MR) is 62.8 cm³/mol. The van der Waals surface area contributed by atoms with Gasteiger partial charge in [-0.05, 0) is 26.0 Å². The lowest BCUT2D eigenvalue weighted by molar-refractivity contribution is -0.189. The molecular weight excluding hydrogens is 235 g/mol. The first-order valence-corrected chi connectivity index (χ1v) is 7.16. The second-order valence-electron chi connectivity index (χ2n) is 4.56. The molecule has 1 nitrogen and oxygen atoms in total. The number of alkyl halides is 3. The van der Waals surface area contributed by atoms with Crippen LogP contribution in [-0.4, -0.2) is 30.3 Å². The monoisotopic (exact) mass is 255 g/mol. The molecule has 3 unspecified atom stereocenters. The Labute approximate surface area is 99.6 Å². The summed E-state index contributed by atoms with van der Waals surface area (Å²) in [7, 11) is 0. The van der Waals surface area contributed by atoms with E-state index in [1.807, 2.05) is 13.2 Å². The Hall–Kier alpha value is 0.100. The minimum absolute atomic E-state index is 0.156. The van der Waals surface area contributed by atoms with Gasteiger partial charge < -0.3 is 5.32 Å². The topological polar surface area (TPSA) is 12.0 Å². The summed E-state index contributed by atoms with van der Waals surface area (Å²) in [6, 6.07) is -0.223. The van der Waals surface area contributed by atoms with Crippen LogP contribution in [0.2, 0.25) is 0 Å². The van der Waals surface area contributed by atoms with Crippen molar-refractivity contribution in [2.75, 3.05) is 12.0 Å². The molecular formula is C11H20F3NS. The Kier molecular flexibility index (Phi) is 5.44. The maximum Gasteiger partial charge on any atom is 0.393 e. The van der Waals surface area contributed by atoms with Crippen LogP contribution in [0, 0.1) is 5.92 Å². The fourth-order valence-electron chi connectivity index (χ4n) is 2.39. The second-order valence-corrected chi connectivity index (χ2v) is 5.47. The Morgan fingerprint density at radius 3 is 2.50 bits per heavy atom. The fraction of sp³-hybridized carbons (Fsp3) is 1.00. The highest BCUT2D eigenvalue weighted by molar-refractivity contribution is 7.98. The number of nitrogens with one attached hydrogen (secondary N) is 1. The zero-order chi connectivity index (χ0) is 12.2. The van der Waals surface area contributed by atoms with Gasteiger partial charge in [0.2, 0.25) is 0 Å². The summed E-state index contributed by atoms with van der Waals surface area (Å²) in [5.41, 5.74) is 0. The fourth-order valence-corrected chi connectivity index (χ4v) is 2.98. The Balaban J connectivity index is 2.53. The zero-order valence-corrected chi connectivity index (χ0v) is 10.6. The molecule has 1 rings (SSSR count). The molecule has 0 saturated heterocycles. The van der Waals surface area contributed by atoms with Gasteiger partial charge >= 0.3 is 6.18 Å². The van der Waals surface area contributed by atoms with Gasteiger partial charge in [-0.2, -0.15) is 24.9 Å². The average molecular weight is 255 g/mol. The lowest BCUT2D eigenvalue weighted by Gasteiger charge is -2.35. The maximum absolute atomic E-state index is 12.8. The number of rotatable bonds is 4. The van der Waals surface area contributed by atoms with E-state index in [2.05, 4.69) is 5.32 Å². The first kappa shape index (κ1) is 14.2. The molecule has 1 aliphatic rings. The summed E-state index contributed by atoms with van der Waals surface area (Å²) in [5, 5.41) is 3.14. The molecule has 0 spiro atoms. The SMILES string of the molecule is CSCC(C)NC1CCCCC1C(F)(F)F. The van der Waals surface area contributed by atoms with E-state index in [1.165, 1.54) is 0 Å².